The summed E-state index contributed by atoms with van der Waals surface area (Å²) in [7, 11) is 0. The molecule has 0 radical (unpaired) electrons. The average molecular weight is 331 g/mol. The zero-order valence-electron chi connectivity index (χ0n) is 10.4. The second-order valence-corrected chi connectivity index (χ2v) is 5.43. The lowest BCUT2D eigenvalue weighted by molar-refractivity contribution is 0.791. The highest BCUT2D eigenvalue weighted by atomic mass is 127. The second-order valence-electron chi connectivity index (χ2n) is 4.19. The van der Waals surface area contributed by atoms with Crippen molar-refractivity contribution in [3.05, 3.63) is 27.3 Å². The molecule has 0 aliphatic carbocycles. The Morgan fingerprint density at radius 2 is 1.88 bits per heavy atom. The van der Waals surface area contributed by atoms with Crippen LogP contribution in [0.1, 0.15) is 45.1 Å². The first-order valence-electron chi connectivity index (χ1n) is 6.30. The van der Waals surface area contributed by atoms with Gasteiger partial charge in [-0.15, -0.1) is 0 Å². The molecular weight excluding hydrogens is 309 g/mol. The first-order chi connectivity index (χ1) is 7.77. The molecule has 0 spiro atoms. The summed E-state index contributed by atoms with van der Waals surface area (Å²) in [4.78, 5) is 0. The molecule has 90 valence electrons. The van der Waals surface area contributed by atoms with Crippen LogP contribution >= 0.6 is 22.6 Å². The van der Waals surface area contributed by atoms with E-state index in [-0.39, 0.29) is 0 Å². The molecule has 0 aromatic heterocycles. The summed E-state index contributed by atoms with van der Waals surface area (Å²) >= 11 is 2.39. The Labute approximate surface area is 113 Å². The van der Waals surface area contributed by atoms with Crippen molar-refractivity contribution in [2.45, 2.75) is 46.0 Å². The van der Waals surface area contributed by atoms with Gasteiger partial charge >= 0.3 is 0 Å². The molecule has 0 amide bonds. The molecule has 0 heterocycles. The molecule has 0 aliphatic rings. The van der Waals surface area contributed by atoms with E-state index in [9.17, 15) is 0 Å². The Kier molecular flexibility index (Phi) is 6.85. The van der Waals surface area contributed by atoms with Crippen LogP contribution in [0.3, 0.4) is 0 Å². The largest absolute Gasteiger partial charge is 0.385 e. The summed E-state index contributed by atoms with van der Waals surface area (Å²) in [5.74, 6) is 0. The van der Waals surface area contributed by atoms with Crippen molar-refractivity contribution in [3.8, 4) is 0 Å². The van der Waals surface area contributed by atoms with Crippen LogP contribution in [-0.4, -0.2) is 6.54 Å². The molecule has 1 nitrogen and oxygen atoms in total. The summed E-state index contributed by atoms with van der Waals surface area (Å²) < 4.78 is 1.34. The predicted molar refractivity (Wildman–Crippen MR) is 81.2 cm³/mol. The third-order valence-corrected chi connectivity index (χ3v) is 3.38. The molecule has 16 heavy (non-hydrogen) atoms. The molecule has 0 aliphatic heterocycles. The molecule has 0 saturated heterocycles. The van der Waals surface area contributed by atoms with Gasteiger partial charge in [0.15, 0.2) is 0 Å². The molecule has 2 heteroatoms. The van der Waals surface area contributed by atoms with Gasteiger partial charge in [-0.3, -0.25) is 0 Å². The van der Waals surface area contributed by atoms with Crippen molar-refractivity contribution >= 4 is 28.3 Å². The Bertz CT molecular complexity index is 310. The highest BCUT2D eigenvalue weighted by Gasteiger charge is 2.02. The second kappa shape index (κ2) is 7.93. The maximum atomic E-state index is 3.55. The van der Waals surface area contributed by atoms with Crippen LogP contribution in [0, 0.1) is 3.57 Å². The van der Waals surface area contributed by atoms with Crippen LogP contribution in [0.25, 0.3) is 0 Å². The molecule has 0 atom stereocenters. The summed E-state index contributed by atoms with van der Waals surface area (Å²) in [6, 6.07) is 6.72. The number of hydrogen-bond acceptors (Lipinski definition) is 1. The van der Waals surface area contributed by atoms with Crippen LogP contribution < -0.4 is 5.32 Å². The summed E-state index contributed by atoms with van der Waals surface area (Å²) in [5.41, 5.74) is 2.81. The van der Waals surface area contributed by atoms with Gasteiger partial charge in [0, 0.05) is 15.8 Å². The van der Waals surface area contributed by atoms with Crippen LogP contribution in [0.4, 0.5) is 5.69 Å². The molecule has 1 aromatic rings. The van der Waals surface area contributed by atoms with Crippen LogP contribution in [0.15, 0.2) is 18.2 Å². The maximum Gasteiger partial charge on any atom is 0.0373 e. The van der Waals surface area contributed by atoms with Crippen molar-refractivity contribution in [1.29, 1.82) is 0 Å². The fourth-order valence-corrected chi connectivity index (χ4v) is 2.26. The molecule has 1 N–H and O–H groups in total. The molecule has 0 bridgehead atoms. The van der Waals surface area contributed by atoms with Gasteiger partial charge in [0.05, 0.1) is 0 Å². The molecule has 0 unspecified atom stereocenters. The smallest absolute Gasteiger partial charge is 0.0373 e. The number of hydrogen-bond donors (Lipinski definition) is 1. The maximum absolute atomic E-state index is 3.55. The Hall–Kier alpha value is -0.250. The molecule has 0 fully saturated rings. The Morgan fingerprint density at radius 1 is 1.12 bits per heavy atom. The fourth-order valence-electron chi connectivity index (χ4n) is 1.71. The molecule has 1 aromatic carbocycles. The summed E-state index contributed by atoms with van der Waals surface area (Å²) in [6.45, 7) is 5.57. The van der Waals surface area contributed by atoms with Crippen LogP contribution in [0.2, 0.25) is 0 Å². The van der Waals surface area contributed by atoms with Crippen LogP contribution in [0.5, 0.6) is 0 Å². The molecule has 0 saturated carbocycles. The number of nitrogens with one attached hydrogen (secondary N) is 1. The first kappa shape index (κ1) is 13.8. The summed E-state index contributed by atoms with van der Waals surface area (Å²) in [5, 5.41) is 3.55. The van der Waals surface area contributed by atoms with E-state index in [4.69, 9.17) is 0 Å². The fraction of sp³-hybridized carbons (Fsp3) is 0.571. The quantitative estimate of drug-likeness (QED) is 0.556. The Morgan fingerprint density at radius 3 is 2.56 bits per heavy atom. The molecule has 1 rings (SSSR count). The van der Waals surface area contributed by atoms with Gasteiger partial charge < -0.3 is 5.32 Å². The van der Waals surface area contributed by atoms with Gasteiger partial charge in [-0.25, -0.2) is 0 Å². The SMILES string of the molecule is CCCCNc1ccc(I)cc1CCCC. The highest BCUT2D eigenvalue weighted by Crippen LogP contribution is 2.21. The molecular formula is C14H22IN. The minimum absolute atomic E-state index is 1.09. The predicted octanol–water partition coefficient (Wildman–Crippen LogP) is 4.85. The third-order valence-electron chi connectivity index (χ3n) is 2.71. The van der Waals surface area contributed by atoms with Crippen LogP contribution in [-0.2, 0) is 6.42 Å². The van der Waals surface area contributed by atoms with Gasteiger partial charge in [0.1, 0.15) is 0 Å². The van der Waals surface area contributed by atoms with Gasteiger partial charge in [0.2, 0.25) is 0 Å². The lowest BCUT2D eigenvalue weighted by atomic mass is 10.1. The lowest BCUT2D eigenvalue weighted by Crippen LogP contribution is -2.04. The standard InChI is InChI=1S/C14H22IN/c1-3-5-7-12-11-13(15)8-9-14(12)16-10-6-4-2/h8-9,11,16H,3-7,10H2,1-2H3. The van der Waals surface area contributed by atoms with Crippen molar-refractivity contribution in [1.82, 2.24) is 0 Å². The first-order valence-corrected chi connectivity index (χ1v) is 7.38. The van der Waals surface area contributed by atoms with Crippen molar-refractivity contribution in [3.63, 3.8) is 0 Å². The average Bonchev–Trinajstić information content (AvgIpc) is 2.29. The number of rotatable bonds is 7. The summed E-state index contributed by atoms with van der Waals surface area (Å²) in [6.07, 6.45) is 6.24. The monoisotopic (exact) mass is 331 g/mol. The normalized spacial score (nSPS) is 10.4. The number of halogens is 1. The number of aryl methyl sites for hydroxylation is 1. The van der Waals surface area contributed by atoms with Gasteiger partial charge in [-0.2, -0.15) is 0 Å². The topological polar surface area (TPSA) is 12.0 Å². The lowest BCUT2D eigenvalue weighted by Gasteiger charge is -2.12. The zero-order valence-corrected chi connectivity index (χ0v) is 12.5. The van der Waals surface area contributed by atoms with Crippen molar-refractivity contribution in [2.24, 2.45) is 0 Å². The van der Waals surface area contributed by atoms with E-state index in [2.05, 4.69) is 60.0 Å². The van der Waals surface area contributed by atoms with Crippen molar-refractivity contribution in [2.75, 3.05) is 11.9 Å². The van der Waals surface area contributed by atoms with E-state index in [0.717, 1.165) is 6.54 Å². The van der Waals surface area contributed by atoms with Crippen molar-refractivity contribution < 1.29 is 0 Å². The van der Waals surface area contributed by atoms with E-state index >= 15 is 0 Å². The van der Waals surface area contributed by atoms with E-state index < -0.39 is 0 Å². The van der Waals surface area contributed by atoms with E-state index in [1.165, 1.54) is 46.9 Å². The van der Waals surface area contributed by atoms with E-state index in [0.29, 0.717) is 0 Å². The number of benzene rings is 1. The Balaban J connectivity index is 2.64. The van der Waals surface area contributed by atoms with E-state index in [1.807, 2.05) is 0 Å². The van der Waals surface area contributed by atoms with Gasteiger partial charge in [0.25, 0.3) is 0 Å². The minimum atomic E-state index is 1.09. The van der Waals surface area contributed by atoms with Gasteiger partial charge in [-0.1, -0.05) is 26.7 Å². The van der Waals surface area contributed by atoms with E-state index in [1.54, 1.807) is 0 Å². The highest BCUT2D eigenvalue weighted by molar-refractivity contribution is 14.1. The number of anilines is 1. The third kappa shape index (κ3) is 4.73. The zero-order chi connectivity index (χ0) is 11.8. The minimum Gasteiger partial charge on any atom is -0.385 e. The number of unbranched alkanes of at least 4 members (excludes halogenated alkanes) is 2. The van der Waals surface area contributed by atoms with Gasteiger partial charge in [-0.05, 0) is 65.6 Å².